The van der Waals surface area contributed by atoms with E-state index in [0.29, 0.717) is 12.6 Å². The van der Waals surface area contributed by atoms with Crippen molar-refractivity contribution < 1.29 is 4.79 Å². The maximum atomic E-state index is 10.5. The third kappa shape index (κ3) is 0.638. The van der Waals surface area contributed by atoms with Gasteiger partial charge in [0, 0.05) is 7.05 Å². The number of likely N-dealkylation sites (N-methyl/N-ethyl adjacent to an activating group) is 1. The average molecular weight is 113 g/mol. The smallest absolute Gasteiger partial charge is 0.322 e. The molecule has 1 rings (SSSR count). The highest BCUT2D eigenvalue weighted by molar-refractivity contribution is 5.76. The SMILES string of the molecule is CC1C[N]C(=O)N1C. The van der Waals surface area contributed by atoms with Crippen LogP contribution in [0.4, 0.5) is 4.79 Å². The molecule has 0 aromatic heterocycles. The van der Waals surface area contributed by atoms with E-state index in [9.17, 15) is 4.79 Å². The third-order valence-corrected chi connectivity index (χ3v) is 1.45. The zero-order chi connectivity index (χ0) is 6.15. The predicted octanol–water partition coefficient (Wildman–Crippen LogP) is 0.0447. The normalized spacial score (nSPS) is 28.5. The molecule has 0 spiro atoms. The predicted molar refractivity (Wildman–Crippen MR) is 29.6 cm³/mol. The number of urea groups is 1. The first-order valence-electron chi connectivity index (χ1n) is 2.66. The van der Waals surface area contributed by atoms with E-state index in [-0.39, 0.29) is 6.03 Å². The summed E-state index contributed by atoms with van der Waals surface area (Å²) in [6.07, 6.45) is 0. The Kier molecular flexibility index (Phi) is 1.12. The number of carbonyl (C=O) groups excluding carboxylic acids is 1. The van der Waals surface area contributed by atoms with Crippen LogP contribution in [0.2, 0.25) is 0 Å². The molecule has 0 aromatic rings. The van der Waals surface area contributed by atoms with E-state index in [4.69, 9.17) is 0 Å². The van der Waals surface area contributed by atoms with Crippen LogP contribution >= 0.6 is 0 Å². The van der Waals surface area contributed by atoms with Crippen LogP contribution in [0, 0.1) is 0 Å². The van der Waals surface area contributed by atoms with Crippen LogP contribution in [0.5, 0.6) is 0 Å². The number of nitrogens with zero attached hydrogens (tertiary/aromatic N) is 2. The Labute approximate surface area is 48.7 Å². The van der Waals surface area contributed by atoms with Gasteiger partial charge >= 0.3 is 6.03 Å². The molecule has 3 nitrogen and oxygen atoms in total. The minimum absolute atomic E-state index is 0.0856. The molecule has 0 aliphatic carbocycles. The van der Waals surface area contributed by atoms with Crippen molar-refractivity contribution in [2.24, 2.45) is 0 Å². The Balaban J connectivity index is 2.56. The fourth-order valence-electron chi connectivity index (χ4n) is 0.633. The molecule has 1 aliphatic heterocycles. The summed E-state index contributed by atoms with van der Waals surface area (Å²) < 4.78 is 0. The van der Waals surface area contributed by atoms with Gasteiger partial charge in [-0.3, -0.25) is 0 Å². The Morgan fingerprint density at radius 3 is 2.62 bits per heavy atom. The van der Waals surface area contributed by atoms with Gasteiger partial charge in [0.25, 0.3) is 0 Å². The van der Waals surface area contributed by atoms with E-state index in [1.54, 1.807) is 11.9 Å². The lowest BCUT2D eigenvalue weighted by Crippen LogP contribution is -2.26. The Morgan fingerprint density at radius 1 is 1.88 bits per heavy atom. The fourth-order valence-corrected chi connectivity index (χ4v) is 0.633. The van der Waals surface area contributed by atoms with E-state index in [1.165, 1.54) is 0 Å². The molecule has 0 bridgehead atoms. The highest BCUT2D eigenvalue weighted by atomic mass is 16.2. The standard InChI is InChI=1S/C5H9N2O/c1-4-3-6-5(8)7(4)2/h4H,3H2,1-2H3. The molecule has 2 amide bonds. The number of rotatable bonds is 0. The van der Waals surface area contributed by atoms with Gasteiger partial charge in [0.2, 0.25) is 0 Å². The van der Waals surface area contributed by atoms with Gasteiger partial charge in [-0.1, -0.05) is 0 Å². The van der Waals surface area contributed by atoms with E-state index in [2.05, 4.69) is 5.32 Å². The molecule has 1 radical (unpaired) electrons. The van der Waals surface area contributed by atoms with Gasteiger partial charge in [0.1, 0.15) is 0 Å². The second-order valence-electron chi connectivity index (χ2n) is 2.08. The summed E-state index contributed by atoms with van der Waals surface area (Å²) in [6.45, 7) is 2.64. The van der Waals surface area contributed by atoms with E-state index in [0.717, 1.165) is 0 Å². The molecule has 8 heavy (non-hydrogen) atoms. The van der Waals surface area contributed by atoms with Crippen molar-refractivity contribution in [2.75, 3.05) is 13.6 Å². The van der Waals surface area contributed by atoms with Crippen molar-refractivity contribution in [3.63, 3.8) is 0 Å². The summed E-state index contributed by atoms with van der Waals surface area (Å²) in [6, 6.07) is 0.222. The maximum absolute atomic E-state index is 10.5. The van der Waals surface area contributed by atoms with Gasteiger partial charge in [-0.25, -0.2) is 10.1 Å². The second kappa shape index (κ2) is 1.65. The number of hydrogen-bond donors (Lipinski definition) is 0. The highest BCUT2D eigenvalue weighted by Crippen LogP contribution is 2.02. The summed E-state index contributed by atoms with van der Waals surface area (Å²) in [5.41, 5.74) is 0. The van der Waals surface area contributed by atoms with Gasteiger partial charge in [-0.05, 0) is 6.92 Å². The highest BCUT2D eigenvalue weighted by Gasteiger charge is 2.24. The van der Waals surface area contributed by atoms with Crippen LogP contribution in [0.15, 0.2) is 0 Å². The lowest BCUT2D eigenvalue weighted by Gasteiger charge is -2.10. The zero-order valence-electron chi connectivity index (χ0n) is 5.09. The number of amides is 2. The van der Waals surface area contributed by atoms with Crippen molar-refractivity contribution in [3.05, 3.63) is 0 Å². The first-order chi connectivity index (χ1) is 3.72. The minimum atomic E-state index is -0.0856. The van der Waals surface area contributed by atoms with Crippen LogP contribution in [0.3, 0.4) is 0 Å². The average Bonchev–Trinajstić information content (AvgIpc) is 1.98. The molecular formula is C5H9N2O. The van der Waals surface area contributed by atoms with Crippen LogP contribution in [-0.2, 0) is 0 Å². The molecular weight excluding hydrogens is 104 g/mol. The van der Waals surface area contributed by atoms with E-state index in [1.807, 2.05) is 6.92 Å². The Hall–Kier alpha value is -0.730. The molecule has 1 heterocycles. The van der Waals surface area contributed by atoms with Crippen molar-refractivity contribution in [3.8, 4) is 0 Å². The molecule has 1 unspecified atom stereocenters. The second-order valence-corrected chi connectivity index (χ2v) is 2.08. The summed E-state index contributed by atoms with van der Waals surface area (Å²) in [5.74, 6) is 0. The van der Waals surface area contributed by atoms with Gasteiger partial charge in [0.15, 0.2) is 0 Å². The third-order valence-electron chi connectivity index (χ3n) is 1.45. The van der Waals surface area contributed by atoms with E-state index >= 15 is 0 Å². The molecule has 45 valence electrons. The van der Waals surface area contributed by atoms with Crippen LogP contribution in [-0.4, -0.2) is 30.6 Å². The van der Waals surface area contributed by atoms with Crippen molar-refractivity contribution in [1.82, 2.24) is 10.2 Å². The molecule has 1 atom stereocenters. The largest absolute Gasteiger partial charge is 0.339 e. The van der Waals surface area contributed by atoms with E-state index < -0.39 is 0 Å². The monoisotopic (exact) mass is 113 g/mol. The molecule has 0 N–H and O–H groups in total. The van der Waals surface area contributed by atoms with Crippen molar-refractivity contribution in [2.45, 2.75) is 13.0 Å². The molecule has 1 aliphatic rings. The summed E-state index contributed by atoms with van der Waals surface area (Å²) in [7, 11) is 1.77. The van der Waals surface area contributed by atoms with Gasteiger partial charge in [-0.2, -0.15) is 0 Å². The number of carbonyl (C=O) groups is 1. The lowest BCUT2D eigenvalue weighted by molar-refractivity contribution is 0.218. The summed E-state index contributed by atoms with van der Waals surface area (Å²) in [5, 5.41) is 3.69. The lowest BCUT2D eigenvalue weighted by atomic mass is 10.3. The van der Waals surface area contributed by atoms with Crippen LogP contribution in [0.25, 0.3) is 0 Å². The summed E-state index contributed by atoms with van der Waals surface area (Å²) >= 11 is 0. The molecule has 3 heteroatoms. The van der Waals surface area contributed by atoms with Gasteiger partial charge in [-0.15, -0.1) is 0 Å². The Bertz CT molecular complexity index is 113. The first kappa shape index (κ1) is 5.41. The first-order valence-corrected chi connectivity index (χ1v) is 2.66. The van der Waals surface area contributed by atoms with Crippen LogP contribution < -0.4 is 5.32 Å². The maximum Gasteiger partial charge on any atom is 0.339 e. The molecule has 1 fully saturated rings. The topological polar surface area (TPSA) is 34.4 Å². The summed E-state index contributed by atoms with van der Waals surface area (Å²) in [4.78, 5) is 12.2. The minimum Gasteiger partial charge on any atom is -0.322 e. The van der Waals surface area contributed by atoms with Gasteiger partial charge in [0.05, 0.1) is 12.6 Å². The zero-order valence-corrected chi connectivity index (χ0v) is 5.09. The Morgan fingerprint density at radius 2 is 2.50 bits per heavy atom. The fraction of sp³-hybridized carbons (Fsp3) is 0.800. The molecule has 0 aromatic carbocycles. The van der Waals surface area contributed by atoms with Crippen molar-refractivity contribution >= 4 is 6.03 Å². The van der Waals surface area contributed by atoms with Crippen molar-refractivity contribution in [1.29, 1.82) is 0 Å². The molecule has 1 saturated heterocycles. The van der Waals surface area contributed by atoms with Crippen LogP contribution in [0.1, 0.15) is 6.92 Å². The molecule has 0 saturated carbocycles. The van der Waals surface area contributed by atoms with Gasteiger partial charge < -0.3 is 4.90 Å². The number of hydrogen-bond acceptors (Lipinski definition) is 1. The quantitative estimate of drug-likeness (QED) is 0.437.